The van der Waals surface area contributed by atoms with Gasteiger partial charge in [0.2, 0.25) is 0 Å². The van der Waals surface area contributed by atoms with Gasteiger partial charge in [0, 0.05) is 24.6 Å². The van der Waals surface area contributed by atoms with Crippen LogP contribution in [0.2, 0.25) is 0 Å². The number of methoxy groups -OCH3 is 1. The maximum absolute atomic E-state index is 10.5. The molecule has 2 aromatic carbocycles. The quantitative estimate of drug-likeness (QED) is 0.424. The Morgan fingerprint density at radius 2 is 1.59 bits per heavy atom. The lowest BCUT2D eigenvalue weighted by Crippen LogP contribution is -2.05. The molecule has 0 fully saturated rings. The van der Waals surface area contributed by atoms with Gasteiger partial charge in [-0.25, -0.2) is 0 Å². The van der Waals surface area contributed by atoms with Gasteiger partial charge in [0.1, 0.15) is 17.2 Å². The molecule has 0 atom stereocenters. The molecule has 0 bridgehead atoms. The fourth-order valence-corrected chi connectivity index (χ4v) is 1.79. The molecule has 116 valence electrons. The van der Waals surface area contributed by atoms with E-state index in [0.717, 1.165) is 11.5 Å². The molecule has 0 heterocycles. The molecule has 0 saturated heterocycles. The number of hydrogen-bond donors (Lipinski definition) is 0. The molecule has 0 N–H and O–H groups in total. The Morgan fingerprint density at radius 3 is 2.23 bits per heavy atom. The molecule has 0 amide bonds. The number of nitro benzene ring substituents is 1. The van der Waals surface area contributed by atoms with Gasteiger partial charge >= 0.3 is 0 Å². The van der Waals surface area contributed by atoms with E-state index >= 15 is 0 Å². The van der Waals surface area contributed by atoms with Crippen molar-refractivity contribution >= 4 is 5.69 Å². The second-order valence-electron chi connectivity index (χ2n) is 4.48. The standard InChI is InChI=1S/C16H17NO5/c1-20-15-4-2-5-16(12-15)22-11-3-10-21-14-8-6-13(7-9-14)17(18)19/h2,4-9,12H,3,10-11H2,1H3. The first kappa shape index (κ1) is 15.6. The van der Waals surface area contributed by atoms with Crippen LogP contribution < -0.4 is 14.2 Å². The Bertz CT molecular complexity index is 612. The van der Waals surface area contributed by atoms with E-state index in [0.29, 0.717) is 25.4 Å². The maximum Gasteiger partial charge on any atom is 0.269 e. The van der Waals surface area contributed by atoms with Gasteiger partial charge in [0.15, 0.2) is 0 Å². The molecule has 0 unspecified atom stereocenters. The van der Waals surface area contributed by atoms with Crippen molar-refractivity contribution in [3.05, 3.63) is 58.6 Å². The molecule has 0 aliphatic rings. The van der Waals surface area contributed by atoms with Crippen LogP contribution in [-0.4, -0.2) is 25.2 Å². The Hall–Kier alpha value is -2.76. The molecule has 0 radical (unpaired) electrons. The number of non-ortho nitro benzene ring substituents is 1. The van der Waals surface area contributed by atoms with Crippen LogP contribution in [0.3, 0.4) is 0 Å². The molecule has 2 rings (SSSR count). The molecule has 6 nitrogen and oxygen atoms in total. The molecule has 0 aliphatic heterocycles. The Labute approximate surface area is 128 Å². The third kappa shape index (κ3) is 4.66. The van der Waals surface area contributed by atoms with Crippen LogP contribution >= 0.6 is 0 Å². The summed E-state index contributed by atoms with van der Waals surface area (Å²) in [6, 6.07) is 13.4. The second-order valence-corrected chi connectivity index (χ2v) is 4.48. The van der Waals surface area contributed by atoms with Gasteiger partial charge in [0.25, 0.3) is 5.69 Å². The van der Waals surface area contributed by atoms with Gasteiger partial charge in [-0.1, -0.05) is 6.07 Å². The van der Waals surface area contributed by atoms with Crippen molar-refractivity contribution in [1.82, 2.24) is 0 Å². The summed E-state index contributed by atoms with van der Waals surface area (Å²) in [5.41, 5.74) is 0.0497. The highest BCUT2D eigenvalue weighted by atomic mass is 16.6. The summed E-state index contributed by atoms with van der Waals surface area (Å²) in [7, 11) is 1.61. The number of benzene rings is 2. The lowest BCUT2D eigenvalue weighted by molar-refractivity contribution is -0.384. The van der Waals surface area contributed by atoms with Crippen molar-refractivity contribution < 1.29 is 19.1 Å². The largest absolute Gasteiger partial charge is 0.497 e. The van der Waals surface area contributed by atoms with E-state index in [-0.39, 0.29) is 5.69 Å². The van der Waals surface area contributed by atoms with E-state index in [1.54, 1.807) is 19.2 Å². The Morgan fingerprint density at radius 1 is 0.955 bits per heavy atom. The van der Waals surface area contributed by atoms with Crippen LogP contribution in [0.4, 0.5) is 5.69 Å². The highest BCUT2D eigenvalue weighted by molar-refractivity contribution is 5.36. The molecule has 6 heteroatoms. The minimum atomic E-state index is -0.439. The first-order valence-electron chi connectivity index (χ1n) is 6.83. The van der Waals surface area contributed by atoms with Crippen molar-refractivity contribution in [2.24, 2.45) is 0 Å². The first-order valence-corrected chi connectivity index (χ1v) is 6.83. The number of ether oxygens (including phenoxy) is 3. The van der Waals surface area contributed by atoms with Gasteiger partial charge in [-0.15, -0.1) is 0 Å². The average Bonchev–Trinajstić information content (AvgIpc) is 2.55. The Kier molecular flexibility index (Phi) is 5.59. The number of hydrogen-bond acceptors (Lipinski definition) is 5. The summed E-state index contributed by atoms with van der Waals surface area (Å²) in [5, 5.41) is 10.5. The lowest BCUT2D eigenvalue weighted by atomic mass is 10.3. The van der Waals surface area contributed by atoms with Crippen molar-refractivity contribution in [2.75, 3.05) is 20.3 Å². The summed E-state index contributed by atoms with van der Waals surface area (Å²) in [4.78, 5) is 10.1. The maximum atomic E-state index is 10.5. The fraction of sp³-hybridized carbons (Fsp3) is 0.250. The molecular weight excluding hydrogens is 286 g/mol. The summed E-state index contributed by atoms with van der Waals surface area (Å²) in [6.07, 6.45) is 0.703. The van der Waals surface area contributed by atoms with Crippen LogP contribution in [0.25, 0.3) is 0 Å². The second kappa shape index (κ2) is 7.87. The zero-order valence-corrected chi connectivity index (χ0v) is 12.2. The van der Waals surface area contributed by atoms with Crippen molar-refractivity contribution in [3.8, 4) is 17.2 Å². The van der Waals surface area contributed by atoms with Gasteiger partial charge in [-0.2, -0.15) is 0 Å². The van der Waals surface area contributed by atoms with Gasteiger partial charge in [-0.3, -0.25) is 10.1 Å². The number of nitro groups is 1. The molecule has 0 aromatic heterocycles. The predicted molar refractivity (Wildman–Crippen MR) is 81.7 cm³/mol. The van der Waals surface area contributed by atoms with Crippen LogP contribution in [0, 0.1) is 10.1 Å². The SMILES string of the molecule is COc1cccc(OCCCOc2ccc([N+](=O)[O-])cc2)c1. The topological polar surface area (TPSA) is 70.8 Å². The van der Waals surface area contributed by atoms with Gasteiger partial charge in [0.05, 0.1) is 25.2 Å². The van der Waals surface area contributed by atoms with E-state index in [1.807, 2.05) is 24.3 Å². The monoisotopic (exact) mass is 303 g/mol. The van der Waals surface area contributed by atoms with E-state index in [4.69, 9.17) is 14.2 Å². The van der Waals surface area contributed by atoms with E-state index in [9.17, 15) is 10.1 Å². The molecule has 22 heavy (non-hydrogen) atoms. The van der Waals surface area contributed by atoms with Crippen LogP contribution in [0.5, 0.6) is 17.2 Å². The minimum absolute atomic E-state index is 0.0497. The number of nitrogens with zero attached hydrogens (tertiary/aromatic N) is 1. The summed E-state index contributed by atoms with van der Waals surface area (Å²) in [6.45, 7) is 0.988. The highest BCUT2D eigenvalue weighted by Gasteiger charge is 2.04. The zero-order chi connectivity index (χ0) is 15.8. The normalized spacial score (nSPS) is 10.0. The Balaban J connectivity index is 1.69. The highest BCUT2D eigenvalue weighted by Crippen LogP contribution is 2.19. The third-order valence-electron chi connectivity index (χ3n) is 2.91. The lowest BCUT2D eigenvalue weighted by Gasteiger charge is -2.08. The van der Waals surface area contributed by atoms with Crippen molar-refractivity contribution in [3.63, 3.8) is 0 Å². The molecule has 0 aliphatic carbocycles. The summed E-state index contributed by atoms with van der Waals surface area (Å²) >= 11 is 0. The third-order valence-corrected chi connectivity index (χ3v) is 2.91. The van der Waals surface area contributed by atoms with E-state index in [2.05, 4.69) is 0 Å². The fourth-order valence-electron chi connectivity index (χ4n) is 1.79. The van der Waals surface area contributed by atoms with Gasteiger partial charge in [-0.05, 0) is 24.3 Å². The number of rotatable bonds is 8. The van der Waals surface area contributed by atoms with Crippen LogP contribution in [0.15, 0.2) is 48.5 Å². The average molecular weight is 303 g/mol. The molecule has 0 spiro atoms. The van der Waals surface area contributed by atoms with Crippen LogP contribution in [0.1, 0.15) is 6.42 Å². The minimum Gasteiger partial charge on any atom is -0.497 e. The zero-order valence-electron chi connectivity index (χ0n) is 12.2. The van der Waals surface area contributed by atoms with Gasteiger partial charge < -0.3 is 14.2 Å². The smallest absolute Gasteiger partial charge is 0.269 e. The molecule has 2 aromatic rings. The summed E-state index contributed by atoms with van der Waals surface area (Å²) < 4.78 is 16.2. The summed E-state index contributed by atoms with van der Waals surface area (Å²) in [5.74, 6) is 2.10. The predicted octanol–water partition coefficient (Wildman–Crippen LogP) is 3.45. The molecular formula is C16H17NO5. The van der Waals surface area contributed by atoms with Crippen LogP contribution in [-0.2, 0) is 0 Å². The van der Waals surface area contributed by atoms with Crippen molar-refractivity contribution in [1.29, 1.82) is 0 Å². The van der Waals surface area contributed by atoms with E-state index in [1.165, 1.54) is 12.1 Å². The first-order chi connectivity index (χ1) is 10.7. The molecule has 0 saturated carbocycles. The van der Waals surface area contributed by atoms with Crippen molar-refractivity contribution in [2.45, 2.75) is 6.42 Å². The van der Waals surface area contributed by atoms with E-state index < -0.39 is 4.92 Å².